The highest BCUT2D eigenvalue weighted by Crippen LogP contribution is 2.35. The van der Waals surface area contributed by atoms with Gasteiger partial charge in [0, 0.05) is 5.56 Å². The molecule has 5 heteroatoms. The van der Waals surface area contributed by atoms with Crippen molar-refractivity contribution < 1.29 is 19.4 Å². The number of benzene rings is 2. The molecule has 1 atom stereocenters. The minimum absolute atomic E-state index is 0.0534. The summed E-state index contributed by atoms with van der Waals surface area (Å²) in [5.41, 5.74) is 3.61. The van der Waals surface area contributed by atoms with Crippen LogP contribution in [0.2, 0.25) is 0 Å². The summed E-state index contributed by atoms with van der Waals surface area (Å²) in [5, 5.41) is 9.28. The Labute approximate surface area is 156 Å². The first-order chi connectivity index (χ1) is 13.1. The minimum atomic E-state index is -1.15. The summed E-state index contributed by atoms with van der Waals surface area (Å²) in [6, 6.07) is 19.9. The number of esters is 1. The Bertz CT molecular complexity index is 1010. The van der Waals surface area contributed by atoms with E-state index in [1.165, 1.54) is 12.1 Å². The monoisotopic (exact) mass is 359 g/mol. The molecule has 1 heterocycles. The molecule has 0 radical (unpaired) electrons. The van der Waals surface area contributed by atoms with Gasteiger partial charge in [0.15, 0.2) is 0 Å². The van der Waals surface area contributed by atoms with E-state index in [2.05, 4.69) is 0 Å². The molecule has 0 spiro atoms. The number of pyridine rings is 1. The van der Waals surface area contributed by atoms with E-state index in [-0.39, 0.29) is 11.1 Å². The summed E-state index contributed by atoms with van der Waals surface area (Å²) in [5.74, 6) is -1.79. The standard InChI is InChI=1S/C22H17NO4/c24-21(25)16-8-4-5-9-17(16)22(26)27-19-13-11-15-10-12-18(23-20(15)19)14-6-2-1-3-7-14/h1-10,12,19H,11,13H2,(H,24,25)/t19-/m0/s1. The number of aryl methyl sites for hydroxylation is 1. The Kier molecular flexibility index (Phi) is 4.42. The number of carboxylic acid groups (broad SMARTS) is 1. The third-order valence-electron chi connectivity index (χ3n) is 4.69. The molecular formula is C22H17NO4. The fourth-order valence-electron chi connectivity index (χ4n) is 3.34. The zero-order valence-corrected chi connectivity index (χ0v) is 14.5. The maximum atomic E-state index is 12.6. The van der Waals surface area contributed by atoms with Crippen molar-refractivity contribution in [1.82, 2.24) is 4.98 Å². The second-order valence-electron chi connectivity index (χ2n) is 6.39. The molecule has 134 valence electrons. The first kappa shape index (κ1) is 17.0. The van der Waals surface area contributed by atoms with Gasteiger partial charge in [-0.05, 0) is 36.6 Å². The third-order valence-corrected chi connectivity index (χ3v) is 4.69. The van der Waals surface area contributed by atoms with Crippen molar-refractivity contribution in [3.63, 3.8) is 0 Å². The van der Waals surface area contributed by atoms with Gasteiger partial charge < -0.3 is 9.84 Å². The van der Waals surface area contributed by atoms with Crippen LogP contribution in [-0.4, -0.2) is 22.0 Å². The number of aromatic nitrogens is 1. The van der Waals surface area contributed by atoms with Crippen molar-refractivity contribution in [2.75, 3.05) is 0 Å². The van der Waals surface area contributed by atoms with Crippen LogP contribution in [-0.2, 0) is 11.2 Å². The molecular weight excluding hydrogens is 342 g/mol. The van der Waals surface area contributed by atoms with Crippen molar-refractivity contribution in [2.45, 2.75) is 18.9 Å². The molecule has 2 aromatic carbocycles. The van der Waals surface area contributed by atoms with Crippen LogP contribution in [0.1, 0.15) is 44.5 Å². The summed E-state index contributed by atoms with van der Waals surface area (Å²) >= 11 is 0. The predicted octanol–water partition coefficient (Wildman–Crippen LogP) is 4.29. The van der Waals surface area contributed by atoms with E-state index < -0.39 is 18.0 Å². The Morgan fingerprint density at radius 1 is 0.926 bits per heavy atom. The molecule has 0 unspecified atom stereocenters. The van der Waals surface area contributed by atoms with E-state index in [4.69, 9.17) is 9.72 Å². The van der Waals surface area contributed by atoms with E-state index in [0.717, 1.165) is 28.9 Å². The molecule has 27 heavy (non-hydrogen) atoms. The second kappa shape index (κ2) is 7.03. The van der Waals surface area contributed by atoms with Gasteiger partial charge in [0.1, 0.15) is 6.10 Å². The molecule has 1 aliphatic carbocycles. The zero-order chi connectivity index (χ0) is 18.8. The molecule has 0 saturated heterocycles. The first-order valence-electron chi connectivity index (χ1n) is 8.72. The van der Waals surface area contributed by atoms with Crippen LogP contribution in [0.25, 0.3) is 11.3 Å². The number of aromatic carboxylic acids is 1. The van der Waals surface area contributed by atoms with Crippen molar-refractivity contribution in [3.05, 3.63) is 89.1 Å². The highest BCUT2D eigenvalue weighted by molar-refractivity contribution is 6.02. The number of carbonyl (C=O) groups excluding carboxylic acids is 1. The maximum Gasteiger partial charge on any atom is 0.339 e. The van der Waals surface area contributed by atoms with Gasteiger partial charge in [0.05, 0.1) is 22.5 Å². The topological polar surface area (TPSA) is 76.5 Å². The molecule has 0 aliphatic heterocycles. The molecule has 4 rings (SSSR count). The molecule has 1 aromatic heterocycles. The second-order valence-corrected chi connectivity index (χ2v) is 6.39. The summed E-state index contributed by atoms with van der Waals surface area (Å²) < 4.78 is 5.64. The molecule has 5 nitrogen and oxygen atoms in total. The van der Waals surface area contributed by atoms with Crippen LogP contribution in [0, 0.1) is 0 Å². The lowest BCUT2D eigenvalue weighted by atomic mass is 10.1. The molecule has 0 fully saturated rings. The molecule has 3 aromatic rings. The molecule has 0 saturated carbocycles. The van der Waals surface area contributed by atoms with Crippen LogP contribution in [0.5, 0.6) is 0 Å². The summed E-state index contributed by atoms with van der Waals surface area (Å²) in [7, 11) is 0. The number of carboxylic acids is 1. The predicted molar refractivity (Wildman–Crippen MR) is 99.6 cm³/mol. The van der Waals surface area contributed by atoms with Gasteiger partial charge in [-0.15, -0.1) is 0 Å². The first-order valence-corrected chi connectivity index (χ1v) is 8.72. The quantitative estimate of drug-likeness (QED) is 0.703. The highest BCUT2D eigenvalue weighted by Gasteiger charge is 2.29. The van der Waals surface area contributed by atoms with Crippen LogP contribution in [0.3, 0.4) is 0 Å². The van der Waals surface area contributed by atoms with Gasteiger partial charge in [-0.1, -0.05) is 48.5 Å². The average Bonchev–Trinajstić information content (AvgIpc) is 3.10. The van der Waals surface area contributed by atoms with Crippen LogP contribution in [0.15, 0.2) is 66.7 Å². The third kappa shape index (κ3) is 3.31. The number of ether oxygens (including phenoxy) is 1. The van der Waals surface area contributed by atoms with E-state index in [1.54, 1.807) is 12.1 Å². The lowest BCUT2D eigenvalue weighted by Crippen LogP contribution is -2.14. The van der Waals surface area contributed by atoms with Gasteiger partial charge >= 0.3 is 11.9 Å². The number of hydrogen-bond acceptors (Lipinski definition) is 4. The van der Waals surface area contributed by atoms with Gasteiger partial charge in [0.25, 0.3) is 0 Å². The Morgan fingerprint density at radius 3 is 2.37 bits per heavy atom. The van der Waals surface area contributed by atoms with Gasteiger partial charge in [-0.25, -0.2) is 14.6 Å². The summed E-state index contributed by atoms with van der Waals surface area (Å²) in [4.78, 5) is 28.6. The van der Waals surface area contributed by atoms with Gasteiger partial charge in [-0.2, -0.15) is 0 Å². The van der Waals surface area contributed by atoms with Crippen LogP contribution < -0.4 is 0 Å². The Balaban J connectivity index is 1.61. The van der Waals surface area contributed by atoms with E-state index in [1.807, 2.05) is 42.5 Å². The lowest BCUT2D eigenvalue weighted by molar-refractivity contribution is 0.0287. The Morgan fingerprint density at radius 2 is 1.63 bits per heavy atom. The summed E-state index contributed by atoms with van der Waals surface area (Å²) in [6.45, 7) is 0. The maximum absolute atomic E-state index is 12.6. The smallest absolute Gasteiger partial charge is 0.339 e. The van der Waals surface area contributed by atoms with Crippen molar-refractivity contribution in [3.8, 4) is 11.3 Å². The van der Waals surface area contributed by atoms with Crippen molar-refractivity contribution in [2.24, 2.45) is 0 Å². The number of carbonyl (C=O) groups is 2. The average molecular weight is 359 g/mol. The minimum Gasteiger partial charge on any atom is -0.478 e. The largest absolute Gasteiger partial charge is 0.478 e. The van der Waals surface area contributed by atoms with E-state index >= 15 is 0 Å². The normalized spacial score (nSPS) is 15.2. The van der Waals surface area contributed by atoms with Gasteiger partial charge in [0.2, 0.25) is 0 Å². The number of rotatable bonds is 4. The fraction of sp³-hybridized carbons (Fsp3) is 0.136. The summed E-state index contributed by atoms with van der Waals surface area (Å²) in [6.07, 6.45) is 0.940. The highest BCUT2D eigenvalue weighted by atomic mass is 16.5. The molecule has 0 bridgehead atoms. The molecule has 1 N–H and O–H groups in total. The Hall–Kier alpha value is -3.47. The number of fused-ring (bicyclic) bond motifs is 1. The van der Waals surface area contributed by atoms with E-state index in [9.17, 15) is 14.7 Å². The van der Waals surface area contributed by atoms with Crippen LogP contribution >= 0.6 is 0 Å². The lowest BCUT2D eigenvalue weighted by Gasteiger charge is -2.14. The number of nitrogens with zero attached hydrogens (tertiary/aromatic N) is 1. The van der Waals surface area contributed by atoms with Gasteiger partial charge in [-0.3, -0.25) is 0 Å². The zero-order valence-electron chi connectivity index (χ0n) is 14.5. The van der Waals surface area contributed by atoms with Crippen molar-refractivity contribution >= 4 is 11.9 Å². The van der Waals surface area contributed by atoms with Crippen LogP contribution in [0.4, 0.5) is 0 Å². The SMILES string of the molecule is O=C(O)c1ccccc1C(=O)O[C@H]1CCc2ccc(-c3ccccc3)nc21. The fourth-order valence-corrected chi connectivity index (χ4v) is 3.34. The number of hydrogen-bond donors (Lipinski definition) is 1. The van der Waals surface area contributed by atoms with Crippen molar-refractivity contribution in [1.29, 1.82) is 0 Å². The van der Waals surface area contributed by atoms with E-state index in [0.29, 0.717) is 6.42 Å². The molecule has 0 amide bonds. The molecule has 1 aliphatic rings.